The Hall–Kier alpha value is -2.08. The monoisotopic (exact) mass is 682 g/mol. The zero-order valence-corrected chi connectivity index (χ0v) is 28.0. The topological polar surface area (TPSA) is 211 Å². The molecule has 2 aromatic heterocycles. The number of hydrogen-bond donors (Lipinski definition) is 4. The molecule has 248 valence electrons. The molecule has 2 unspecified atom stereocenters. The molecule has 44 heavy (non-hydrogen) atoms. The van der Waals surface area contributed by atoms with Crippen molar-refractivity contribution >= 4 is 25.7 Å². The fourth-order valence-electron chi connectivity index (χ4n) is 4.67. The SMILES string of the molecule is COC[C@@H]1CN(P(C)(=O)O)C[C@H](n2cc(C)c(=O)[nH]c2=O)O1.COC[C@@H]1CN(P(C)(O)=S)C[C@H](n2cc(C)c(=O)[nH]c2=O)O1. The average molecular weight is 683 g/mol. The first kappa shape index (κ1) is 36.4. The van der Waals surface area contributed by atoms with Crippen molar-refractivity contribution in [2.45, 2.75) is 38.5 Å². The Kier molecular flexibility index (Phi) is 12.4. The molecule has 0 aromatic carbocycles. The zero-order chi connectivity index (χ0) is 33.0. The first-order chi connectivity index (χ1) is 20.4. The smallest absolute Gasteiger partial charge is 0.330 e. The lowest BCUT2D eigenvalue weighted by atomic mass is 10.3. The van der Waals surface area contributed by atoms with Crippen LogP contribution in [0.4, 0.5) is 0 Å². The van der Waals surface area contributed by atoms with E-state index >= 15 is 0 Å². The van der Waals surface area contributed by atoms with Crippen molar-refractivity contribution in [1.82, 2.24) is 28.4 Å². The summed E-state index contributed by atoms with van der Waals surface area (Å²) >= 11 is 5.18. The maximum atomic E-state index is 12.0. The van der Waals surface area contributed by atoms with E-state index in [2.05, 4.69) is 9.97 Å². The second-order valence-electron chi connectivity index (χ2n) is 10.7. The highest BCUT2D eigenvalue weighted by Crippen LogP contribution is 2.44. The lowest BCUT2D eigenvalue weighted by molar-refractivity contribution is -0.125. The van der Waals surface area contributed by atoms with Crippen molar-refractivity contribution in [2.75, 3.05) is 66.9 Å². The summed E-state index contributed by atoms with van der Waals surface area (Å²) in [6.07, 6.45) is -2.02. The molecular weight excluding hydrogens is 642 g/mol. The van der Waals surface area contributed by atoms with Crippen molar-refractivity contribution in [3.63, 3.8) is 0 Å². The molecule has 0 spiro atoms. The number of aromatic nitrogens is 4. The molecule has 6 atom stereocenters. The van der Waals surface area contributed by atoms with Crippen LogP contribution in [-0.2, 0) is 35.3 Å². The fraction of sp³-hybridized carbons (Fsp3) is 0.667. The van der Waals surface area contributed by atoms with Crippen molar-refractivity contribution in [3.8, 4) is 0 Å². The third-order valence-electron chi connectivity index (χ3n) is 6.93. The number of hydrogen-bond acceptors (Lipinski definition) is 10. The molecule has 0 bridgehead atoms. The summed E-state index contributed by atoms with van der Waals surface area (Å²) in [4.78, 5) is 71.3. The van der Waals surface area contributed by atoms with Crippen LogP contribution in [0.25, 0.3) is 0 Å². The Morgan fingerprint density at radius 2 is 1.20 bits per heavy atom. The summed E-state index contributed by atoms with van der Waals surface area (Å²) in [6.45, 7) is 7.57. The molecule has 20 heteroatoms. The van der Waals surface area contributed by atoms with Crippen LogP contribution in [0, 0.1) is 13.8 Å². The Bertz CT molecular complexity index is 1510. The number of morpholine rings is 2. The Morgan fingerprint density at radius 3 is 1.57 bits per heavy atom. The van der Waals surface area contributed by atoms with E-state index < -0.39 is 55.0 Å². The molecule has 2 saturated heterocycles. The molecule has 4 N–H and O–H groups in total. The average Bonchev–Trinajstić information content (AvgIpc) is 2.92. The van der Waals surface area contributed by atoms with Crippen molar-refractivity contribution in [2.24, 2.45) is 0 Å². The van der Waals surface area contributed by atoms with Gasteiger partial charge in [-0.2, -0.15) is 0 Å². The van der Waals surface area contributed by atoms with Gasteiger partial charge in [0.1, 0.15) is 6.42 Å². The van der Waals surface area contributed by atoms with Gasteiger partial charge in [0.25, 0.3) is 18.6 Å². The summed E-state index contributed by atoms with van der Waals surface area (Å²) < 4.78 is 39.3. The Morgan fingerprint density at radius 1 is 0.818 bits per heavy atom. The molecule has 2 aliphatic heterocycles. The first-order valence-corrected chi connectivity index (χ1v) is 18.7. The number of rotatable bonds is 8. The molecule has 0 aliphatic carbocycles. The quantitative estimate of drug-likeness (QED) is 0.250. The number of nitrogens with one attached hydrogen (secondary N) is 2. The van der Waals surface area contributed by atoms with E-state index in [0.29, 0.717) is 24.3 Å². The van der Waals surface area contributed by atoms with Crippen LogP contribution in [0.3, 0.4) is 0 Å². The van der Waals surface area contributed by atoms with Gasteiger partial charge in [-0.1, -0.05) is 11.8 Å². The van der Waals surface area contributed by atoms with Gasteiger partial charge in [0.05, 0.1) is 38.5 Å². The highest BCUT2D eigenvalue weighted by Gasteiger charge is 2.36. The normalized spacial score (nSPS) is 25.8. The molecule has 2 fully saturated rings. The van der Waals surface area contributed by atoms with Crippen LogP contribution in [0.1, 0.15) is 23.6 Å². The number of methoxy groups -OCH3 is 2. The van der Waals surface area contributed by atoms with E-state index in [1.54, 1.807) is 32.3 Å². The predicted octanol–water partition coefficient (Wildman–Crippen LogP) is -0.872. The largest absolute Gasteiger partial charge is 0.382 e. The summed E-state index contributed by atoms with van der Waals surface area (Å²) in [5, 5.41) is 0. The molecule has 0 saturated carbocycles. The van der Waals surface area contributed by atoms with Crippen LogP contribution >= 0.6 is 13.9 Å². The van der Waals surface area contributed by atoms with Crippen LogP contribution in [-0.4, -0.2) is 117 Å². The van der Waals surface area contributed by atoms with Crippen molar-refractivity contribution < 1.29 is 33.3 Å². The minimum Gasteiger partial charge on any atom is -0.382 e. The summed E-state index contributed by atoms with van der Waals surface area (Å²) in [5.74, 6) is 0. The molecule has 0 amide bonds. The van der Waals surface area contributed by atoms with E-state index in [9.17, 15) is 33.5 Å². The van der Waals surface area contributed by atoms with Gasteiger partial charge in [0.15, 0.2) is 12.5 Å². The van der Waals surface area contributed by atoms with Gasteiger partial charge in [0, 0.05) is 64.2 Å². The number of nitrogens with zero attached hydrogens (tertiary/aromatic N) is 4. The second kappa shape index (κ2) is 15.0. The molecule has 2 aliphatic rings. The fourth-order valence-corrected chi connectivity index (χ4v) is 6.92. The number of ether oxygens (including phenoxy) is 4. The molecular formula is C24H40N6O11P2S. The van der Waals surface area contributed by atoms with Crippen LogP contribution in [0.2, 0.25) is 0 Å². The Labute approximate surface area is 258 Å². The summed E-state index contributed by atoms with van der Waals surface area (Å²) in [7, 11) is -0.438. The maximum absolute atomic E-state index is 12.0. The van der Waals surface area contributed by atoms with E-state index in [1.165, 1.54) is 40.0 Å². The van der Waals surface area contributed by atoms with Gasteiger partial charge >= 0.3 is 11.4 Å². The van der Waals surface area contributed by atoms with Gasteiger partial charge < -0.3 is 28.7 Å². The standard InChI is InChI=1S/C12H20N3O6P.C12H20N3O5PS/c1-8-4-15(12(17)13-11(8)16)10-6-14(22(3,18)19)5-9(21-10)7-20-2;1-8-4-15(12(17)13-11(8)16)10-6-14(21(3,18)22)5-9(20-10)7-19-2/h4,9-10H,5-7H2,1-3H3,(H,18,19)(H,13,16,17);4,9-10H,5-7H2,1-3H3,(H,18,22)(H,13,16,17)/t9-,10+;9-,10+,21?/m00/s1. The van der Waals surface area contributed by atoms with Gasteiger partial charge in [0.2, 0.25) is 0 Å². The molecule has 0 radical (unpaired) electrons. The zero-order valence-electron chi connectivity index (χ0n) is 25.4. The van der Waals surface area contributed by atoms with Crippen LogP contribution < -0.4 is 22.5 Å². The third kappa shape index (κ3) is 9.47. The molecule has 17 nitrogen and oxygen atoms in total. The van der Waals surface area contributed by atoms with E-state index in [1.807, 2.05) is 0 Å². The molecule has 4 rings (SSSR count). The van der Waals surface area contributed by atoms with Gasteiger partial charge in [-0.15, -0.1) is 0 Å². The lowest BCUT2D eigenvalue weighted by Gasteiger charge is -2.40. The number of aromatic amines is 2. The van der Waals surface area contributed by atoms with Crippen LogP contribution in [0.5, 0.6) is 0 Å². The number of H-pyrrole nitrogens is 2. The van der Waals surface area contributed by atoms with Gasteiger partial charge in [-0.3, -0.25) is 33.3 Å². The van der Waals surface area contributed by atoms with Gasteiger partial charge in [-0.05, 0) is 13.8 Å². The first-order valence-electron chi connectivity index (χ1n) is 13.5. The van der Waals surface area contributed by atoms with E-state index in [0.717, 1.165) is 0 Å². The highest BCUT2D eigenvalue weighted by atomic mass is 32.4. The summed E-state index contributed by atoms with van der Waals surface area (Å²) in [6, 6.07) is 0. The van der Waals surface area contributed by atoms with E-state index in [4.69, 9.17) is 30.8 Å². The van der Waals surface area contributed by atoms with Crippen molar-refractivity contribution in [1.29, 1.82) is 0 Å². The number of aryl methyl sites for hydroxylation is 2. The van der Waals surface area contributed by atoms with Gasteiger partial charge in [-0.25, -0.2) is 18.9 Å². The maximum Gasteiger partial charge on any atom is 0.330 e. The van der Waals surface area contributed by atoms with E-state index in [-0.39, 0.29) is 32.3 Å². The second-order valence-corrected chi connectivity index (χ2v) is 17.3. The highest BCUT2D eigenvalue weighted by molar-refractivity contribution is 8.10. The Balaban J connectivity index is 0.000000240. The minimum absolute atomic E-state index is 0.0654. The predicted molar refractivity (Wildman–Crippen MR) is 165 cm³/mol. The van der Waals surface area contributed by atoms with Crippen molar-refractivity contribution in [3.05, 3.63) is 65.2 Å². The molecule has 2 aromatic rings. The third-order valence-corrected chi connectivity index (χ3v) is 10.4. The lowest BCUT2D eigenvalue weighted by Crippen LogP contribution is -2.48. The minimum atomic E-state index is -3.49. The summed E-state index contributed by atoms with van der Waals surface area (Å²) in [5.41, 5.74) is -1.31. The molecule has 4 heterocycles. The van der Waals surface area contributed by atoms with Crippen LogP contribution in [0.15, 0.2) is 31.6 Å².